The standard InChI is InChI=1S/C15H12BrN3OS/c1-8-3-2-4-11(13(8)16)18-14(20)9-5-6-10-12(7-9)21-15(17)19-10/h2-7H,1H3,(H2,17,19)(H,18,20). The van der Waals surface area contributed by atoms with Crippen LogP contribution in [0.4, 0.5) is 10.8 Å². The molecular formula is C15H12BrN3OS. The van der Waals surface area contributed by atoms with Crippen LogP contribution in [0.25, 0.3) is 10.2 Å². The average molecular weight is 362 g/mol. The maximum Gasteiger partial charge on any atom is 0.255 e. The summed E-state index contributed by atoms with van der Waals surface area (Å²) in [5.41, 5.74) is 8.89. The van der Waals surface area contributed by atoms with Gasteiger partial charge >= 0.3 is 0 Å². The van der Waals surface area contributed by atoms with Crippen molar-refractivity contribution in [1.82, 2.24) is 4.98 Å². The molecule has 0 atom stereocenters. The Hall–Kier alpha value is -1.92. The molecule has 6 heteroatoms. The third-order valence-corrected chi connectivity index (χ3v) is 5.01. The number of nitrogen functional groups attached to an aromatic ring is 1. The number of benzene rings is 2. The quantitative estimate of drug-likeness (QED) is 0.718. The molecule has 2 aromatic carbocycles. The molecule has 0 aliphatic rings. The molecule has 0 unspecified atom stereocenters. The second kappa shape index (κ2) is 5.46. The number of thiazole rings is 1. The number of anilines is 2. The van der Waals surface area contributed by atoms with E-state index in [1.165, 1.54) is 11.3 Å². The van der Waals surface area contributed by atoms with Gasteiger partial charge in [0.2, 0.25) is 0 Å². The van der Waals surface area contributed by atoms with Crippen LogP contribution >= 0.6 is 27.3 Å². The predicted molar refractivity (Wildman–Crippen MR) is 90.9 cm³/mol. The van der Waals surface area contributed by atoms with Crippen molar-refractivity contribution < 1.29 is 4.79 Å². The van der Waals surface area contributed by atoms with Crippen LogP contribution in [0.1, 0.15) is 15.9 Å². The first-order chi connectivity index (χ1) is 10.0. The van der Waals surface area contributed by atoms with Crippen LogP contribution in [0.15, 0.2) is 40.9 Å². The van der Waals surface area contributed by atoms with Crippen LogP contribution in [0.5, 0.6) is 0 Å². The highest BCUT2D eigenvalue weighted by Crippen LogP contribution is 2.28. The molecule has 0 aliphatic heterocycles. The van der Waals surface area contributed by atoms with Gasteiger partial charge in [0.25, 0.3) is 5.91 Å². The summed E-state index contributed by atoms with van der Waals surface area (Å²) in [5, 5.41) is 3.41. The fraction of sp³-hybridized carbons (Fsp3) is 0.0667. The van der Waals surface area contributed by atoms with Gasteiger partial charge in [0.15, 0.2) is 5.13 Å². The first kappa shape index (κ1) is 14.0. The summed E-state index contributed by atoms with van der Waals surface area (Å²) in [6.07, 6.45) is 0. The Morgan fingerprint density at radius 3 is 2.95 bits per heavy atom. The fourth-order valence-electron chi connectivity index (χ4n) is 2.02. The Kier molecular flexibility index (Phi) is 3.65. The SMILES string of the molecule is Cc1cccc(NC(=O)c2ccc3nc(N)sc3c2)c1Br. The first-order valence-electron chi connectivity index (χ1n) is 6.27. The van der Waals surface area contributed by atoms with Crippen molar-refractivity contribution in [2.45, 2.75) is 6.92 Å². The lowest BCUT2D eigenvalue weighted by Gasteiger charge is -2.09. The van der Waals surface area contributed by atoms with Crippen LogP contribution in [-0.4, -0.2) is 10.9 Å². The molecule has 0 saturated heterocycles. The van der Waals surface area contributed by atoms with E-state index in [4.69, 9.17) is 5.73 Å². The Morgan fingerprint density at radius 1 is 1.33 bits per heavy atom. The van der Waals surface area contributed by atoms with Crippen molar-refractivity contribution in [2.75, 3.05) is 11.1 Å². The minimum atomic E-state index is -0.157. The number of nitrogens with two attached hydrogens (primary N) is 1. The third-order valence-electron chi connectivity index (χ3n) is 3.11. The number of hydrogen-bond donors (Lipinski definition) is 2. The number of hydrogen-bond acceptors (Lipinski definition) is 4. The van der Waals surface area contributed by atoms with Gasteiger partial charge in [-0.15, -0.1) is 0 Å². The molecule has 0 fully saturated rings. The molecule has 4 nitrogen and oxygen atoms in total. The van der Waals surface area contributed by atoms with E-state index in [0.717, 1.165) is 25.9 Å². The van der Waals surface area contributed by atoms with Crippen LogP contribution in [-0.2, 0) is 0 Å². The van der Waals surface area contributed by atoms with Crippen LogP contribution in [0.2, 0.25) is 0 Å². The number of aryl methyl sites for hydroxylation is 1. The van der Waals surface area contributed by atoms with Crippen molar-refractivity contribution in [3.05, 3.63) is 52.0 Å². The maximum absolute atomic E-state index is 12.3. The molecule has 1 aromatic heterocycles. The van der Waals surface area contributed by atoms with Crippen LogP contribution < -0.4 is 11.1 Å². The summed E-state index contributed by atoms with van der Waals surface area (Å²) < 4.78 is 1.80. The number of nitrogens with one attached hydrogen (secondary N) is 1. The lowest BCUT2D eigenvalue weighted by molar-refractivity contribution is 0.102. The molecular weight excluding hydrogens is 350 g/mol. The van der Waals surface area contributed by atoms with E-state index < -0.39 is 0 Å². The highest BCUT2D eigenvalue weighted by atomic mass is 79.9. The lowest BCUT2D eigenvalue weighted by atomic mass is 10.2. The Morgan fingerprint density at radius 2 is 2.14 bits per heavy atom. The highest BCUT2D eigenvalue weighted by molar-refractivity contribution is 9.10. The molecule has 1 heterocycles. The molecule has 0 spiro atoms. The van der Waals surface area contributed by atoms with E-state index in [0.29, 0.717) is 10.7 Å². The molecule has 106 valence electrons. The van der Waals surface area contributed by atoms with E-state index in [1.807, 2.05) is 37.3 Å². The number of rotatable bonds is 2. The second-order valence-corrected chi connectivity index (χ2v) is 6.48. The Balaban J connectivity index is 1.91. The fourth-order valence-corrected chi connectivity index (χ4v) is 3.16. The van der Waals surface area contributed by atoms with Gasteiger partial charge in [0.1, 0.15) is 0 Å². The van der Waals surface area contributed by atoms with Crippen LogP contribution in [0.3, 0.4) is 0 Å². The molecule has 1 amide bonds. The van der Waals surface area contributed by atoms with E-state index in [9.17, 15) is 4.79 Å². The van der Waals surface area contributed by atoms with Crippen molar-refractivity contribution in [2.24, 2.45) is 0 Å². The van der Waals surface area contributed by atoms with E-state index in [2.05, 4.69) is 26.2 Å². The van der Waals surface area contributed by atoms with Crippen molar-refractivity contribution >= 4 is 54.2 Å². The topological polar surface area (TPSA) is 68.0 Å². The van der Waals surface area contributed by atoms with Gasteiger partial charge in [-0.2, -0.15) is 0 Å². The Labute approximate surface area is 134 Å². The summed E-state index contributed by atoms with van der Waals surface area (Å²) in [6.45, 7) is 1.98. The van der Waals surface area contributed by atoms with Crippen molar-refractivity contribution in [3.8, 4) is 0 Å². The summed E-state index contributed by atoms with van der Waals surface area (Å²) >= 11 is 4.86. The Bertz CT molecular complexity index is 844. The predicted octanol–water partition coefficient (Wildman–Crippen LogP) is 4.20. The summed E-state index contributed by atoms with van der Waals surface area (Å²) in [7, 11) is 0. The molecule has 3 rings (SSSR count). The normalized spacial score (nSPS) is 10.8. The highest BCUT2D eigenvalue weighted by Gasteiger charge is 2.11. The van der Waals surface area contributed by atoms with Gasteiger partial charge in [0, 0.05) is 10.0 Å². The van der Waals surface area contributed by atoms with Crippen molar-refractivity contribution in [1.29, 1.82) is 0 Å². The minimum Gasteiger partial charge on any atom is -0.375 e. The number of nitrogens with zero attached hydrogens (tertiary/aromatic N) is 1. The number of carbonyl (C=O) groups is 1. The number of carbonyl (C=O) groups excluding carboxylic acids is 1. The summed E-state index contributed by atoms with van der Waals surface area (Å²) in [5.74, 6) is -0.157. The van der Waals surface area contributed by atoms with Gasteiger partial charge in [-0.1, -0.05) is 23.5 Å². The van der Waals surface area contributed by atoms with Gasteiger partial charge < -0.3 is 11.1 Å². The largest absolute Gasteiger partial charge is 0.375 e. The second-order valence-electron chi connectivity index (χ2n) is 4.63. The van der Waals surface area contributed by atoms with Crippen molar-refractivity contribution in [3.63, 3.8) is 0 Å². The van der Waals surface area contributed by atoms with E-state index >= 15 is 0 Å². The zero-order valence-corrected chi connectivity index (χ0v) is 13.6. The average Bonchev–Trinajstić information content (AvgIpc) is 2.82. The monoisotopic (exact) mass is 361 g/mol. The number of amides is 1. The zero-order valence-electron chi connectivity index (χ0n) is 11.2. The number of halogens is 1. The molecule has 0 bridgehead atoms. The molecule has 0 saturated carbocycles. The van der Waals surface area contributed by atoms with E-state index in [1.54, 1.807) is 6.07 Å². The molecule has 0 aliphatic carbocycles. The lowest BCUT2D eigenvalue weighted by Crippen LogP contribution is -2.12. The molecule has 0 radical (unpaired) electrons. The maximum atomic E-state index is 12.3. The summed E-state index contributed by atoms with van der Waals surface area (Å²) in [6, 6.07) is 11.1. The third kappa shape index (κ3) is 2.77. The van der Waals surface area contributed by atoms with Gasteiger partial charge in [-0.05, 0) is 52.7 Å². The molecule has 3 N–H and O–H groups in total. The van der Waals surface area contributed by atoms with E-state index in [-0.39, 0.29) is 5.91 Å². The van der Waals surface area contributed by atoms with Crippen LogP contribution in [0, 0.1) is 6.92 Å². The first-order valence-corrected chi connectivity index (χ1v) is 7.88. The zero-order chi connectivity index (χ0) is 15.0. The summed E-state index contributed by atoms with van der Waals surface area (Å²) in [4.78, 5) is 16.5. The van der Waals surface area contributed by atoms with Gasteiger partial charge in [0.05, 0.1) is 15.9 Å². The minimum absolute atomic E-state index is 0.157. The van der Waals surface area contributed by atoms with Gasteiger partial charge in [-0.25, -0.2) is 4.98 Å². The number of fused-ring (bicyclic) bond motifs is 1. The molecule has 3 aromatic rings. The van der Waals surface area contributed by atoms with Gasteiger partial charge in [-0.3, -0.25) is 4.79 Å². The number of aromatic nitrogens is 1. The molecule has 21 heavy (non-hydrogen) atoms. The smallest absolute Gasteiger partial charge is 0.255 e.